The second-order valence-electron chi connectivity index (χ2n) is 2.20. The lowest BCUT2D eigenvalue weighted by Gasteiger charge is -1.92. The van der Waals surface area contributed by atoms with Gasteiger partial charge in [0.1, 0.15) is 0 Å². The molecule has 0 bridgehead atoms. The van der Waals surface area contributed by atoms with Crippen LogP contribution in [0.3, 0.4) is 0 Å². The quantitative estimate of drug-likeness (QED) is 0.482. The van der Waals surface area contributed by atoms with Crippen molar-refractivity contribution in [2.24, 2.45) is 0 Å². The Balaban J connectivity index is 2.77. The predicted octanol–water partition coefficient (Wildman–Crippen LogP) is 1.73. The molecule has 0 saturated heterocycles. The predicted molar refractivity (Wildman–Crippen MR) is 52.8 cm³/mol. The molecule has 0 atom stereocenters. The highest BCUT2D eigenvalue weighted by Gasteiger charge is 2.18. The van der Waals surface area contributed by atoms with E-state index in [0.29, 0.717) is 11.3 Å². The third-order valence-corrected chi connectivity index (χ3v) is 2.43. The molecule has 13 heavy (non-hydrogen) atoms. The number of rotatable bonds is 4. The van der Waals surface area contributed by atoms with Crippen LogP contribution in [0, 0.1) is 10.1 Å². The van der Waals surface area contributed by atoms with Crippen molar-refractivity contribution < 1.29 is 4.92 Å². The molecule has 1 aromatic heterocycles. The van der Waals surface area contributed by atoms with Gasteiger partial charge >= 0.3 is 5.95 Å². The number of aryl methyl sites for hydroxylation is 1. The van der Waals surface area contributed by atoms with Crippen molar-refractivity contribution in [3.05, 3.63) is 14.8 Å². The highest BCUT2D eigenvalue weighted by molar-refractivity contribution is 9.10. The van der Waals surface area contributed by atoms with Gasteiger partial charge in [-0.1, -0.05) is 15.9 Å². The largest absolute Gasteiger partial charge is 0.492 e. The number of nitrogens with zero attached hydrogens (tertiary/aromatic N) is 4. The summed E-state index contributed by atoms with van der Waals surface area (Å²) in [6.07, 6.45) is 0.846. The van der Waals surface area contributed by atoms with Crippen molar-refractivity contribution >= 4 is 37.8 Å². The van der Waals surface area contributed by atoms with E-state index >= 15 is 0 Å². The van der Waals surface area contributed by atoms with Gasteiger partial charge in [0.05, 0.1) is 6.54 Å². The number of hydrogen-bond donors (Lipinski definition) is 0. The van der Waals surface area contributed by atoms with Crippen molar-refractivity contribution in [3.63, 3.8) is 0 Å². The third kappa shape index (κ3) is 2.73. The third-order valence-electron chi connectivity index (χ3n) is 1.28. The van der Waals surface area contributed by atoms with Crippen LogP contribution in [0.2, 0.25) is 0 Å². The van der Waals surface area contributed by atoms with Crippen LogP contribution in [-0.4, -0.2) is 25.0 Å². The van der Waals surface area contributed by atoms with Crippen LogP contribution in [-0.2, 0) is 6.54 Å². The van der Waals surface area contributed by atoms with Crippen LogP contribution in [0.1, 0.15) is 6.42 Å². The summed E-state index contributed by atoms with van der Waals surface area (Å²) in [6.45, 7) is 0.604. The first kappa shape index (κ1) is 10.6. The standard InChI is InChI=1S/C5H6Br2N4O2/c6-2-1-3-10-4(7)8-5(9-10)11(12)13/h1-3H2. The van der Waals surface area contributed by atoms with E-state index in [4.69, 9.17) is 0 Å². The Morgan fingerprint density at radius 3 is 2.77 bits per heavy atom. The fourth-order valence-electron chi connectivity index (χ4n) is 0.741. The van der Waals surface area contributed by atoms with Crippen molar-refractivity contribution in [1.82, 2.24) is 14.8 Å². The van der Waals surface area contributed by atoms with Crippen LogP contribution in [0.25, 0.3) is 0 Å². The fraction of sp³-hybridized carbons (Fsp3) is 0.600. The lowest BCUT2D eigenvalue weighted by atomic mass is 10.5. The summed E-state index contributed by atoms with van der Waals surface area (Å²) < 4.78 is 1.85. The number of hydrogen-bond acceptors (Lipinski definition) is 4. The molecule has 0 fully saturated rings. The molecule has 0 aromatic carbocycles. The van der Waals surface area contributed by atoms with Gasteiger partial charge < -0.3 is 10.1 Å². The van der Waals surface area contributed by atoms with Crippen LogP contribution >= 0.6 is 31.9 Å². The molecular weight excluding hydrogens is 308 g/mol. The SMILES string of the molecule is O=[N+]([O-])c1nc(Br)n(CCCBr)n1. The number of alkyl halides is 1. The van der Waals surface area contributed by atoms with Gasteiger partial charge in [0.15, 0.2) is 0 Å². The molecule has 0 radical (unpaired) electrons. The van der Waals surface area contributed by atoms with Crippen molar-refractivity contribution in [2.75, 3.05) is 5.33 Å². The first-order chi connectivity index (χ1) is 6.15. The van der Waals surface area contributed by atoms with E-state index < -0.39 is 4.92 Å². The Kier molecular flexibility index (Phi) is 3.79. The minimum atomic E-state index is -0.616. The topological polar surface area (TPSA) is 73.8 Å². The summed E-state index contributed by atoms with van der Waals surface area (Å²) in [5.41, 5.74) is 0. The Bertz CT molecular complexity index is 313. The Hall–Kier alpha value is -0.500. The lowest BCUT2D eigenvalue weighted by molar-refractivity contribution is -0.394. The monoisotopic (exact) mass is 312 g/mol. The summed E-state index contributed by atoms with van der Waals surface area (Å²) in [5.74, 6) is -0.374. The zero-order valence-corrected chi connectivity index (χ0v) is 9.65. The normalized spacial score (nSPS) is 10.3. The molecule has 72 valence electrons. The molecule has 8 heteroatoms. The van der Waals surface area contributed by atoms with E-state index in [1.165, 1.54) is 4.68 Å². The van der Waals surface area contributed by atoms with E-state index in [1.54, 1.807) is 0 Å². The van der Waals surface area contributed by atoms with Crippen molar-refractivity contribution in [2.45, 2.75) is 13.0 Å². The smallest absolute Gasteiger partial charge is 0.390 e. The average Bonchev–Trinajstić information content (AvgIpc) is 2.44. The second-order valence-corrected chi connectivity index (χ2v) is 3.71. The molecule has 1 rings (SSSR count). The van der Waals surface area contributed by atoms with Crippen molar-refractivity contribution in [3.8, 4) is 0 Å². The van der Waals surface area contributed by atoms with Gasteiger partial charge in [-0.2, -0.15) is 4.68 Å². The summed E-state index contributed by atoms with van der Waals surface area (Å²) in [6, 6.07) is 0. The molecule has 0 aliphatic heterocycles. The second kappa shape index (κ2) is 4.66. The summed E-state index contributed by atoms with van der Waals surface area (Å²) in [4.78, 5) is 13.3. The Labute approximate surface area is 90.7 Å². The highest BCUT2D eigenvalue weighted by atomic mass is 79.9. The zero-order chi connectivity index (χ0) is 9.84. The molecule has 1 heterocycles. The number of aromatic nitrogens is 3. The molecule has 0 aliphatic carbocycles. The van der Waals surface area contributed by atoms with Gasteiger partial charge in [-0.05, 0) is 16.3 Å². The van der Waals surface area contributed by atoms with Crippen LogP contribution in [0.4, 0.5) is 5.95 Å². The van der Waals surface area contributed by atoms with Gasteiger partial charge in [0, 0.05) is 26.4 Å². The van der Waals surface area contributed by atoms with E-state index in [9.17, 15) is 10.1 Å². The Morgan fingerprint density at radius 1 is 1.62 bits per heavy atom. The van der Waals surface area contributed by atoms with E-state index in [2.05, 4.69) is 41.9 Å². The molecule has 0 aliphatic rings. The lowest BCUT2D eigenvalue weighted by Crippen LogP contribution is -2.01. The minimum Gasteiger partial charge on any atom is -0.390 e. The first-order valence-electron chi connectivity index (χ1n) is 3.46. The summed E-state index contributed by atoms with van der Waals surface area (Å²) in [7, 11) is 0. The molecule has 0 amide bonds. The fourth-order valence-corrected chi connectivity index (χ4v) is 1.41. The van der Waals surface area contributed by atoms with Crippen LogP contribution in [0.15, 0.2) is 4.73 Å². The zero-order valence-electron chi connectivity index (χ0n) is 6.48. The number of nitro groups is 1. The molecular formula is C5H6Br2N4O2. The number of halogens is 2. The maximum absolute atomic E-state index is 10.3. The summed E-state index contributed by atoms with van der Waals surface area (Å²) >= 11 is 6.34. The van der Waals surface area contributed by atoms with E-state index in [0.717, 1.165) is 11.8 Å². The molecule has 0 spiro atoms. The Morgan fingerprint density at radius 2 is 2.31 bits per heavy atom. The van der Waals surface area contributed by atoms with Crippen molar-refractivity contribution in [1.29, 1.82) is 0 Å². The van der Waals surface area contributed by atoms with E-state index in [1.807, 2.05) is 0 Å². The van der Waals surface area contributed by atoms with Gasteiger partial charge in [-0.15, -0.1) is 0 Å². The first-order valence-corrected chi connectivity index (χ1v) is 5.37. The van der Waals surface area contributed by atoms with Crippen LogP contribution in [0.5, 0.6) is 0 Å². The molecule has 6 nitrogen and oxygen atoms in total. The highest BCUT2D eigenvalue weighted by Crippen LogP contribution is 2.12. The van der Waals surface area contributed by atoms with E-state index in [-0.39, 0.29) is 5.95 Å². The minimum absolute atomic E-state index is 0.374. The van der Waals surface area contributed by atoms with Gasteiger partial charge in [-0.25, -0.2) is 0 Å². The van der Waals surface area contributed by atoms with Gasteiger partial charge in [-0.3, -0.25) is 0 Å². The molecule has 0 saturated carbocycles. The van der Waals surface area contributed by atoms with Gasteiger partial charge in [0.25, 0.3) is 4.73 Å². The molecule has 1 aromatic rings. The maximum Gasteiger partial charge on any atom is 0.492 e. The van der Waals surface area contributed by atoms with Crippen LogP contribution < -0.4 is 0 Å². The average molecular weight is 314 g/mol. The molecule has 0 N–H and O–H groups in total. The maximum atomic E-state index is 10.3. The summed E-state index contributed by atoms with van der Waals surface area (Å²) in [5, 5.41) is 14.8. The molecule has 0 unspecified atom stereocenters. The van der Waals surface area contributed by atoms with Gasteiger partial charge in [0.2, 0.25) is 0 Å².